The molecule has 26 heavy (non-hydrogen) atoms. The number of carbonyl (C=O) groups is 1. The molecule has 8 nitrogen and oxygen atoms in total. The van der Waals surface area contributed by atoms with Crippen LogP contribution in [0.4, 0.5) is 5.82 Å². The monoisotopic (exact) mass is 416 g/mol. The lowest BCUT2D eigenvalue weighted by Crippen LogP contribution is -2.46. The standard InChI is InChI=1S/C17H17BrN6O2/c18-14-13-15(22-21-14)19-10-20-16(13)24-7-5-23(6-8-24)9-11-1-3-12(4-2-11)17(25)26/h1-4,10H,5-9H2,(H,25,26)(H,19,20,21,22). The van der Waals surface area contributed by atoms with Gasteiger partial charge >= 0.3 is 5.97 Å². The number of carboxylic acid groups (broad SMARTS) is 1. The lowest BCUT2D eigenvalue weighted by molar-refractivity contribution is 0.0697. The van der Waals surface area contributed by atoms with Gasteiger partial charge in [-0.2, -0.15) is 5.10 Å². The molecule has 0 amide bonds. The van der Waals surface area contributed by atoms with E-state index in [0.717, 1.165) is 54.1 Å². The summed E-state index contributed by atoms with van der Waals surface area (Å²) in [5.74, 6) is -0.00665. The number of anilines is 1. The molecule has 0 radical (unpaired) electrons. The summed E-state index contributed by atoms with van der Waals surface area (Å²) in [5.41, 5.74) is 2.09. The minimum absolute atomic E-state index is 0.317. The van der Waals surface area contributed by atoms with Crippen LogP contribution in [0.3, 0.4) is 0 Å². The first-order valence-electron chi connectivity index (χ1n) is 8.26. The molecule has 4 rings (SSSR count). The Morgan fingerprint density at radius 2 is 1.88 bits per heavy atom. The smallest absolute Gasteiger partial charge is 0.335 e. The fourth-order valence-corrected chi connectivity index (χ4v) is 3.62. The highest BCUT2D eigenvalue weighted by Gasteiger charge is 2.22. The molecule has 1 aliphatic rings. The van der Waals surface area contributed by atoms with Crippen molar-refractivity contribution in [3.8, 4) is 0 Å². The minimum Gasteiger partial charge on any atom is -0.478 e. The van der Waals surface area contributed by atoms with Gasteiger partial charge in [0.2, 0.25) is 0 Å². The van der Waals surface area contributed by atoms with E-state index in [9.17, 15) is 4.79 Å². The molecule has 1 saturated heterocycles. The maximum atomic E-state index is 10.9. The molecule has 2 N–H and O–H groups in total. The number of rotatable bonds is 4. The summed E-state index contributed by atoms with van der Waals surface area (Å²) in [7, 11) is 0. The zero-order chi connectivity index (χ0) is 18.1. The highest BCUT2D eigenvalue weighted by Crippen LogP contribution is 2.28. The van der Waals surface area contributed by atoms with E-state index in [1.165, 1.54) is 0 Å². The van der Waals surface area contributed by atoms with Gasteiger partial charge in [-0.05, 0) is 33.6 Å². The second-order valence-electron chi connectivity index (χ2n) is 6.20. The largest absolute Gasteiger partial charge is 0.478 e. The highest BCUT2D eigenvalue weighted by molar-refractivity contribution is 9.10. The summed E-state index contributed by atoms with van der Waals surface area (Å²) in [6, 6.07) is 7.07. The number of aromatic amines is 1. The number of carboxylic acids is 1. The highest BCUT2D eigenvalue weighted by atomic mass is 79.9. The first kappa shape index (κ1) is 16.9. The third-order valence-electron chi connectivity index (χ3n) is 4.57. The van der Waals surface area contributed by atoms with E-state index >= 15 is 0 Å². The van der Waals surface area contributed by atoms with Gasteiger partial charge < -0.3 is 10.0 Å². The maximum Gasteiger partial charge on any atom is 0.335 e. The summed E-state index contributed by atoms with van der Waals surface area (Å²) >= 11 is 3.48. The molecule has 0 unspecified atom stereocenters. The molecule has 2 aromatic heterocycles. The number of aromatic nitrogens is 4. The van der Waals surface area contributed by atoms with Crippen molar-refractivity contribution in [2.24, 2.45) is 0 Å². The number of fused-ring (bicyclic) bond motifs is 1. The van der Waals surface area contributed by atoms with Gasteiger partial charge in [0.25, 0.3) is 0 Å². The van der Waals surface area contributed by atoms with E-state index in [0.29, 0.717) is 11.2 Å². The summed E-state index contributed by atoms with van der Waals surface area (Å²) < 4.78 is 0.795. The number of nitrogens with one attached hydrogen (secondary N) is 1. The van der Waals surface area contributed by atoms with Crippen molar-refractivity contribution >= 4 is 38.8 Å². The van der Waals surface area contributed by atoms with Crippen molar-refractivity contribution in [2.75, 3.05) is 31.1 Å². The van der Waals surface area contributed by atoms with Crippen molar-refractivity contribution in [3.05, 3.63) is 46.3 Å². The van der Waals surface area contributed by atoms with Gasteiger partial charge in [-0.1, -0.05) is 12.1 Å². The Bertz CT molecular complexity index is 934. The number of hydrogen-bond donors (Lipinski definition) is 2. The molecule has 0 saturated carbocycles. The van der Waals surface area contributed by atoms with Crippen LogP contribution in [-0.4, -0.2) is 62.3 Å². The van der Waals surface area contributed by atoms with Gasteiger partial charge in [0, 0.05) is 32.7 Å². The van der Waals surface area contributed by atoms with E-state index in [4.69, 9.17) is 5.11 Å². The molecule has 134 valence electrons. The summed E-state index contributed by atoms with van der Waals surface area (Å²) in [5, 5.41) is 16.9. The molecule has 3 heterocycles. The van der Waals surface area contributed by atoms with Gasteiger partial charge in [-0.15, -0.1) is 0 Å². The maximum absolute atomic E-state index is 10.9. The molecule has 1 aromatic carbocycles. The van der Waals surface area contributed by atoms with Crippen LogP contribution in [0.15, 0.2) is 35.2 Å². The van der Waals surface area contributed by atoms with Crippen LogP contribution < -0.4 is 4.90 Å². The SMILES string of the molecule is O=C(O)c1ccc(CN2CCN(c3ncnc4n[nH]c(Br)c34)CC2)cc1. The van der Waals surface area contributed by atoms with Crippen molar-refractivity contribution in [3.63, 3.8) is 0 Å². The van der Waals surface area contributed by atoms with Gasteiger partial charge in [0.1, 0.15) is 16.7 Å². The first-order valence-corrected chi connectivity index (χ1v) is 9.05. The van der Waals surface area contributed by atoms with Crippen LogP contribution in [-0.2, 0) is 6.54 Å². The van der Waals surface area contributed by atoms with Crippen molar-refractivity contribution in [2.45, 2.75) is 6.54 Å². The Morgan fingerprint density at radius 3 is 2.58 bits per heavy atom. The van der Waals surface area contributed by atoms with Gasteiger partial charge in [0.15, 0.2) is 5.65 Å². The predicted molar refractivity (Wildman–Crippen MR) is 100 cm³/mol. The van der Waals surface area contributed by atoms with Crippen LogP contribution in [0.25, 0.3) is 11.0 Å². The average Bonchev–Trinajstić information content (AvgIpc) is 3.04. The van der Waals surface area contributed by atoms with Crippen molar-refractivity contribution < 1.29 is 9.90 Å². The quantitative estimate of drug-likeness (QED) is 0.671. The molecule has 0 atom stereocenters. The Balaban J connectivity index is 1.42. The van der Waals surface area contributed by atoms with Crippen LogP contribution in [0.1, 0.15) is 15.9 Å². The van der Waals surface area contributed by atoms with Crippen LogP contribution in [0.5, 0.6) is 0 Å². The molecular formula is C17H17BrN6O2. The van der Waals surface area contributed by atoms with E-state index in [1.807, 2.05) is 12.1 Å². The van der Waals surface area contributed by atoms with E-state index in [1.54, 1.807) is 18.5 Å². The molecule has 0 aliphatic carbocycles. The number of halogens is 1. The van der Waals surface area contributed by atoms with Crippen molar-refractivity contribution in [1.29, 1.82) is 0 Å². The zero-order valence-electron chi connectivity index (χ0n) is 13.9. The number of hydrogen-bond acceptors (Lipinski definition) is 6. The number of piperazine rings is 1. The minimum atomic E-state index is -0.897. The van der Waals surface area contributed by atoms with E-state index < -0.39 is 5.97 Å². The van der Waals surface area contributed by atoms with Gasteiger partial charge in [0.05, 0.1) is 10.9 Å². The topological polar surface area (TPSA) is 98.2 Å². The number of nitrogens with zero attached hydrogens (tertiary/aromatic N) is 5. The summed E-state index contributed by atoms with van der Waals surface area (Å²) in [6.07, 6.45) is 1.54. The number of benzene rings is 1. The predicted octanol–water partition coefficient (Wildman–Crippen LogP) is 2.14. The first-order chi connectivity index (χ1) is 12.6. The molecule has 0 spiro atoms. The van der Waals surface area contributed by atoms with Crippen LogP contribution in [0, 0.1) is 0 Å². The van der Waals surface area contributed by atoms with Crippen LogP contribution >= 0.6 is 15.9 Å². The molecule has 3 aromatic rings. The summed E-state index contributed by atoms with van der Waals surface area (Å²) in [6.45, 7) is 4.33. The second-order valence-corrected chi connectivity index (χ2v) is 6.99. The molecule has 1 fully saturated rings. The molecular weight excluding hydrogens is 400 g/mol. The number of aromatic carboxylic acids is 1. The van der Waals surface area contributed by atoms with E-state index in [2.05, 4.69) is 45.9 Å². The molecule has 9 heteroatoms. The fraction of sp³-hybridized carbons (Fsp3) is 0.294. The van der Waals surface area contributed by atoms with Crippen LogP contribution in [0.2, 0.25) is 0 Å². The van der Waals surface area contributed by atoms with Crippen molar-refractivity contribution in [1.82, 2.24) is 25.1 Å². The molecule has 0 bridgehead atoms. The van der Waals surface area contributed by atoms with Gasteiger partial charge in [-0.25, -0.2) is 14.8 Å². The Hall–Kier alpha value is -2.52. The lowest BCUT2D eigenvalue weighted by Gasteiger charge is -2.35. The third kappa shape index (κ3) is 3.27. The Morgan fingerprint density at radius 1 is 1.15 bits per heavy atom. The second kappa shape index (κ2) is 7.00. The van der Waals surface area contributed by atoms with E-state index in [-0.39, 0.29) is 0 Å². The number of H-pyrrole nitrogens is 1. The lowest BCUT2D eigenvalue weighted by atomic mass is 10.1. The normalized spacial score (nSPS) is 15.5. The average molecular weight is 417 g/mol. The zero-order valence-corrected chi connectivity index (χ0v) is 15.5. The Labute approximate surface area is 158 Å². The third-order valence-corrected chi connectivity index (χ3v) is 5.14. The molecule has 1 aliphatic heterocycles. The Kier molecular flexibility index (Phi) is 4.56. The van der Waals surface area contributed by atoms with Gasteiger partial charge in [-0.3, -0.25) is 10.00 Å². The summed E-state index contributed by atoms with van der Waals surface area (Å²) in [4.78, 5) is 24.2. The fourth-order valence-electron chi connectivity index (χ4n) is 3.17.